The standard InChI is InChI=1S/C9H13BrN2O4/c1-5(10)3-11-9(16)12-4-6(13)2-7(12)8(14)15/h6-7,13H,1-4H2,(H,11,16)(H,14,15)/t6?,7-/m0/s1. The van der Waals surface area contributed by atoms with Gasteiger partial charge in [-0.25, -0.2) is 9.59 Å². The molecule has 1 aliphatic rings. The summed E-state index contributed by atoms with van der Waals surface area (Å²) in [6, 6.07) is -1.47. The second-order valence-electron chi connectivity index (χ2n) is 3.57. The van der Waals surface area contributed by atoms with Gasteiger partial charge in [0.05, 0.1) is 12.6 Å². The second-order valence-corrected chi connectivity index (χ2v) is 4.69. The molecule has 2 atom stereocenters. The van der Waals surface area contributed by atoms with Crippen molar-refractivity contribution in [2.24, 2.45) is 0 Å². The molecule has 0 saturated carbocycles. The minimum Gasteiger partial charge on any atom is -0.480 e. The Morgan fingerprint density at radius 1 is 1.56 bits per heavy atom. The molecule has 0 radical (unpaired) electrons. The number of aliphatic hydroxyl groups excluding tert-OH is 1. The number of likely N-dealkylation sites (tertiary alicyclic amines) is 1. The van der Waals surface area contributed by atoms with Gasteiger partial charge in [-0.05, 0) is 0 Å². The van der Waals surface area contributed by atoms with E-state index >= 15 is 0 Å². The summed E-state index contributed by atoms with van der Waals surface area (Å²) in [5.74, 6) is -1.11. The lowest BCUT2D eigenvalue weighted by Crippen LogP contribution is -2.46. The second kappa shape index (κ2) is 5.31. The first kappa shape index (κ1) is 13.0. The number of amides is 2. The van der Waals surface area contributed by atoms with Crippen LogP contribution in [-0.4, -0.2) is 52.3 Å². The molecule has 3 N–H and O–H groups in total. The van der Waals surface area contributed by atoms with Crippen LogP contribution in [0.15, 0.2) is 11.1 Å². The molecular formula is C9H13BrN2O4. The van der Waals surface area contributed by atoms with Crippen LogP contribution in [-0.2, 0) is 4.79 Å². The minimum absolute atomic E-state index is 0.0392. The molecule has 1 aliphatic heterocycles. The highest BCUT2D eigenvalue weighted by Gasteiger charge is 2.38. The number of nitrogens with zero attached hydrogens (tertiary/aromatic N) is 1. The number of carbonyl (C=O) groups is 2. The van der Waals surface area contributed by atoms with Crippen molar-refractivity contribution in [3.05, 3.63) is 11.1 Å². The lowest BCUT2D eigenvalue weighted by molar-refractivity contribution is -0.141. The van der Waals surface area contributed by atoms with Crippen LogP contribution in [0.3, 0.4) is 0 Å². The van der Waals surface area contributed by atoms with Crippen LogP contribution < -0.4 is 5.32 Å². The molecule has 1 rings (SSSR count). The average Bonchev–Trinajstić information content (AvgIpc) is 2.56. The summed E-state index contributed by atoms with van der Waals surface area (Å²) in [5, 5.41) is 20.7. The van der Waals surface area contributed by atoms with Crippen LogP contribution in [0.5, 0.6) is 0 Å². The van der Waals surface area contributed by atoms with Gasteiger partial charge in [-0.1, -0.05) is 22.5 Å². The largest absolute Gasteiger partial charge is 0.480 e. The maximum absolute atomic E-state index is 11.6. The molecule has 0 aromatic carbocycles. The van der Waals surface area contributed by atoms with Gasteiger partial charge in [0.1, 0.15) is 6.04 Å². The normalized spacial score (nSPS) is 24.2. The number of aliphatic carboxylic acids is 1. The van der Waals surface area contributed by atoms with E-state index in [9.17, 15) is 14.7 Å². The summed E-state index contributed by atoms with van der Waals surface area (Å²) in [5.41, 5.74) is 0. The van der Waals surface area contributed by atoms with Crippen molar-refractivity contribution in [3.8, 4) is 0 Å². The van der Waals surface area contributed by atoms with E-state index in [0.717, 1.165) is 4.90 Å². The lowest BCUT2D eigenvalue weighted by atomic mass is 10.2. The maximum atomic E-state index is 11.6. The molecule has 1 heterocycles. The van der Waals surface area contributed by atoms with E-state index < -0.39 is 24.1 Å². The summed E-state index contributed by atoms with van der Waals surface area (Å²) in [6.45, 7) is 3.80. The zero-order valence-corrected chi connectivity index (χ0v) is 10.1. The molecule has 1 unspecified atom stereocenters. The lowest BCUT2D eigenvalue weighted by Gasteiger charge is -2.21. The first-order chi connectivity index (χ1) is 7.41. The summed E-state index contributed by atoms with van der Waals surface area (Å²) in [7, 11) is 0. The Morgan fingerprint density at radius 2 is 2.19 bits per heavy atom. The quantitative estimate of drug-likeness (QED) is 0.689. The third kappa shape index (κ3) is 3.21. The highest BCUT2D eigenvalue weighted by molar-refractivity contribution is 9.11. The van der Waals surface area contributed by atoms with E-state index in [1.54, 1.807) is 0 Å². The van der Waals surface area contributed by atoms with Crippen LogP contribution >= 0.6 is 15.9 Å². The first-order valence-electron chi connectivity index (χ1n) is 4.70. The number of β-amino-alcohol motifs (C(OH)–C–C–N with tert-alkyl or cyclic N) is 1. The summed E-state index contributed by atoms with van der Waals surface area (Å²) in [6.07, 6.45) is -0.711. The Balaban J connectivity index is 2.59. The van der Waals surface area contributed by atoms with Gasteiger partial charge >= 0.3 is 12.0 Å². The Kier molecular flexibility index (Phi) is 4.31. The van der Waals surface area contributed by atoms with Crippen molar-refractivity contribution in [1.82, 2.24) is 10.2 Å². The van der Waals surface area contributed by atoms with Crippen LogP contribution in [0, 0.1) is 0 Å². The topological polar surface area (TPSA) is 89.9 Å². The van der Waals surface area contributed by atoms with Crippen LogP contribution in [0.25, 0.3) is 0 Å². The number of urea groups is 1. The Labute approximate surface area is 101 Å². The summed E-state index contributed by atoms with van der Waals surface area (Å²) < 4.78 is 0.590. The van der Waals surface area contributed by atoms with Crippen LogP contribution in [0.2, 0.25) is 0 Å². The molecule has 0 bridgehead atoms. The fourth-order valence-corrected chi connectivity index (χ4v) is 1.69. The molecule has 7 heteroatoms. The van der Waals surface area contributed by atoms with Gasteiger partial charge in [-0.3, -0.25) is 0 Å². The fraction of sp³-hybridized carbons (Fsp3) is 0.556. The van der Waals surface area contributed by atoms with Gasteiger partial charge in [0.2, 0.25) is 0 Å². The van der Waals surface area contributed by atoms with Crippen LogP contribution in [0.4, 0.5) is 4.79 Å². The van der Waals surface area contributed by atoms with Gasteiger partial charge in [-0.15, -0.1) is 0 Å². The van der Waals surface area contributed by atoms with Gasteiger partial charge in [0.25, 0.3) is 0 Å². The van der Waals surface area contributed by atoms with Crippen molar-refractivity contribution in [2.75, 3.05) is 13.1 Å². The number of carboxylic acid groups (broad SMARTS) is 1. The molecule has 0 aromatic heterocycles. The third-order valence-corrected chi connectivity index (χ3v) is 2.54. The molecular weight excluding hydrogens is 280 g/mol. The number of rotatable bonds is 3. The van der Waals surface area contributed by atoms with Crippen molar-refractivity contribution in [1.29, 1.82) is 0 Å². The predicted molar refractivity (Wildman–Crippen MR) is 60.2 cm³/mol. The fourth-order valence-electron chi connectivity index (χ4n) is 1.55. The summed E-state index contributed by atoms with van der Waals surface area (Å²) >= 11 is 3.07. The van der Waals surface area contributed by atoms with E-state index in [0.29, 0.717) is 4.48 Å². The van der Waals surface area contributed by atoms with Gasteiger partial charge < -0.3 is 20.4 Å². The Hall–Kier alpha value is -1.08. The predicted octanol–water partition coefficient (Wildman–Crippen LogP) is 0.124. The van der Waals surface area contributed by atoms with E-state index in [1.165, 1.54) is 0 Å². The summed E-state index contributed by atoms with van der Waals surface area (Å²) in [4.78, 5) is 23.5. The number of hydrogen-bond donors (Lipinski definition) is 3. The van der Waals surface area contributed by atoms with Crippen molar-refractivity contribution >= 4 is 27.9 Å². The minimum atomic E-state index is -1.11. The zero-order valence-electron chi connectivity index (χ0n) is 8.52. The molecule has 0 aromatic rings. The molecule has 0 aliphatic carbocycles. The van der Waals surface area contributed by atoms with Crippen molar-refractivity contribution in [2.45, 2.75) is 18.6 Å². The number of aliphatic hydroxyl groups is 1. The van der Waals surface area contributed by atoms with Gasteiger partial charge in [0, 0.05) is 17.4 Å². The number of carboxylic acids is 1. The van der Waals surface area contributed by atoms with E-state index in [2.05, 4.69) is 27.8 Å². The van der Waals surface area contributed by atoms with Crippen LogP contribution in [0.1, 0.15) is 6.42 Å². The molecule has 16 heavy (non-hydrogen) atoms. The van der Waals surface area contributed by atoms with Gasteiger partial charge in [-0.2, -0.15) is 0 Å². The Bertz CT molecular complexity index is 321. The number of nitrogens with one attached hydrogen (secondary N) is 1. The highest BCUT2D eigenvalue weighted by atomic mass is 79.9. The number of carbonyl (C=O) groups excluding carboxylic acids is 1. The average molecular weight is 293 g/mol. The van der Waals surface area contributed by atoms with Gasteiger partial charge in [0.15, 0.2) is 0 Å². The van der Waals surface area contributed by atoms with Crippen molar-refractivity contribution < 1.29 is 19.8 Å². The van der Waals surface area contributed by atoms with E-state index in [4.69, 9.17) is 5.11 Å². The molecule has 2 amide bonds. The highest BCUT2D eigenvalue weighted by Crippen LogP contribution is 2.18. The molecule has 90 valence electrons. The first-order valence-corrected chi connectivity index (χ1v) is 5.49. The smallest absolute Gasteiger partial charge is 0.326 e. The molecule has 6 nitrogen and oxygen atoms in total. The SMILES string of the molecule is C=C(Br)CNC(=O)N1CC(O)C[C@H]1C(=O)O. The molecule has 0 spiro atoms. The number of halogens is 1. The monoisotopic (exact) mass is 292 g/mol. The zero-order chi connectivity index (χ0) is 12.3. The number of hydrogen-bond acceptors (Lipinski definition) is 3. The third-order valence-electron chi connectivity index (χ3n) is 2.26. The van der Waals surface area contributed by atoms with Crippen molar-refractivity contribution in [3.63, 3.8) is 0 Å². The Morgan fingerprint density at radius 3 is 2.69 bits per heavy atom. The molecule has 1 saturated heterocycles. The maximum Gasteiger partial charge on any atom is 0.326 e. The van der Waals surface area contributed by atoms with E-state index in [-0.39, 0.29) is 19.5 Å². The van der Waals surface area contributed by atoms with E-state index in [1.807, 2.05) is 0 Å². The molecule has 1 fully saturated rings.